The van der Waals surface area contributed by atoms with E-state index in [0.717, 1.165) is 0 Å². The molecule has 5 heteroatoms. The monoisotopic (exact) mass is 252 g/mol. The largest absolute Gasteiger partial charge is 0.494 e. The summed E-state index contributed by atoms with van der Waals surface area (Å²) in [5.41, 5.74) is 6.08. The topological polar surface area (TPSA) is 84.6 Å². The first-order chi connectivity index (χ1) is 8.41. The van der Waals surface area contributed by atoms with Gasteiger partial charge in [-0.1, -0.05) is 6.07 Å². The summed E-state index contributed by atoms with van der Waals surface area (Å²) >= 11 is 0. The lowest BCUT2D eigenvalue weighted by molar-refractivity contribution is 0.0896. The van der Waals surface area contributed by atoms with Crippen LogP contribution < -0.4 is 15.8 Å². The second-order valence-corrected chi connectivity index (χ2v) is 4.74. The third kappa shape index (κ3) is 3.37. The molecule has 0 aliphatic rings. The molecule has 0 saturated heterocycles. The second kappa shape index (κ2) is 5.73. The zero-order chi connectivity index (χ0) is 13.8. The number of amides is 1. The summed E-state index contributed by atoms with van der Waals surface area (Å²) in [5, 5.41) is 11.8. The number of carbonyl (C=O) groups is 1. The SMILES string of the molecule is COc1c(N)cccc1C(=O)NC(C)(C)CCO. The van der Waals surface area contributed by atoms with Gasteiger partial charge in [0.2, 0.25) is 0 Å². The number of nitrogens with one attached hydrogen (secondary N) is 1. The molecule has 100 valence electrons. The number of carbonyl (C=O) groups excluding carboxylic acids is 1. The Labute approximate surface area is 107 Å². The van der Waals surface area contributed by atoms with Crippen molar-refractivity contribution < 1.29 is 14.6 Å². The molecule has 1 amide bonds. The summed E-state index contributed by atoms with van der Waals surface area (Å²) in [7, 11) is 1.47. The van der Waals surface area contributed by atoms with Gasteiger partial charge in [-0.2, -0.15) is 0 Å². The Hall–Kier alpha value is -1.75. The molecule has 0 aliphatic heterocycles. The zero-order valence-corrected chi connectivity index (χ0v) is 11.0. The van der Waals surface area contributed by atoms with Crippen LogP contribution >= 0.6 is 0 Å². The maximum atomic E-state index is 12.1. The minimum absolute atomic E-state index is 0.0152. The number of rotatable bonds is 5. The summed E-state index contributed by atoms with van der Waals surface area (Å²) in [6, 6.07) is 5.03. The van der Waals surface area contributed by atoms with Crippen molar-refractivity contribution in [3.05, 3.63) is 23.8 Å². The minimum atomic E-state index is -0.485. The fourth-order valence-corrected chi connectivity index (χ4v) is 1.68. The molecule has 0 saturated carbocycles. The molecule has 1 aromatic rings. The van der Waals surface area contributed by atoms with Gasteiger partial charge in [0.05, 0.1) is 18.4 Å². The highest BCUT2D eigenvalue weighted by atomic mass is 16.5. The van der Waals surface area contributed by atoms with Gasteiger partial charge in [-0.3, -0.25) is 4.79 Å². The first kappa shape index (κ1) is 14.3. The Balaban J connectivity index is 2.94. The van der Waals surface area contributed by atoms with Crippen molar-refractivity contribution in [3.8, 4) is 5.75 Å². The van der Waals surface area contributed by atoms with E-state index in [2.05, 4.69) is 5.32 Å². The van der Waals surface area contributed by atoms with E-state index in [4.69, 9.17) is 15.6 Å². The normalized spacial score (nSPS) is 11.1. The maximum absolute atomic E-state index is 12.1. The summed E-state index contributed by atoms with van der Waals surface area (Å²) in [6.45, 7) is 3.71. The number of aliphatic hydroxyl groups is 1. The lowest BCUT2D eigenvalue weighted by atomic mass is 10.0. The number of nitrogens with two attached hydrogens (primary N) is 1. The lowest BCUT2D eigenvalue weighted by Gasteiger charge is -2.25. The molecule has 0 spiro atoms. The van der Waals surface area contributed by atoms with E-state index in [1.165, 1.54) is 7.11 Å². The van der Waals surface area contributed by atoms with Crippen LogP contribution in [0.1, 0.15) is 30.6 Å². The van der Waals surface area contributed by atoms with Crippen molar-refractivity contribution in [1.82, 2.24) is 5.32 Å². The quantitative estimate of drug-likeness (QED) is 0.687. The van der Waals surface area contributed by atoms with E-state index < -0.39 is 5.54 Å². The molecule has 0 bridgehead atoms. The highest BCUT2D eigenvalue weighted by Crippen LogP contribution is 2.26. The Kier molecular flexibility index (Phi) is 4.55. The molecule has 1 aromatic carbocycles. The number of aliphatic hydroxyl groups excluding tert-OH is 1. The predicted molar refractivity (Wildman–Crippen MR) is 70.7 cm³/mol. The summed E-state index contributed by atoms with van der Waals surface area (Å²) < 4.78 is 5.14. The van der Waals surface area contributed by atoms with Crippen LogP contribution in [0.5, 0.6) is 5.75 Å². The minimum Gasteiger partial charge on any atom is -0.494 e. The number of ether oxygens (including phenoxy) is 1. The van der Waals surface area contributed by atoms with E-state index in [1.807, 2.05) is 13.8 Å². The molecule has 1 rings (SSSR count). The molecule has 4 N–H and O–H groups in total. The van der Waals surface area contributed by atoms with Gasteiger partial charge in [-0.15, -0.1) is 0 Å². The van der Waals surface area contributed by atoms with Gasteiger partial charge < -0.3 is 20.9 Å². The number of nitrogen functional groups attached to an aromatic ring is 1. The lowest BCUT2D eigenvalue weighted by Crippen LogP contribution is -2.44. The molecular weight excluding hydrogens is 232 g/mol. The molecule has 0 heterocycles. The van der Waals surface area contributed by atoms with E-state index >= 15 is 0 Å². The number of benzene rings is 1. The van der Waals surface area contributed by atoms with E-state index in [-0.39, 0.29) is 12.5 Å². The molecule has 0 atom stereocenters. The Morgan fingerprint density at radius 3 is 2.72 bits per heavy atom. The number of anilines is 1. The van der Waals surface area contributed by atoms with Crippen LogP contribution in [-0.2, 0) is 0 Å². The highest BCUT2D eigenvalue weighted by molar-refractivity contribution is 5.99. The second-order valence-electron chi connectivity index (χ2n) is 4.74. The summed E-state index contributed by atoms with van der Waals surface area (Å²) in [4.78, 5) is 12.1. The average molecular weight is 252 g/mol. The fourth-order valence-electron chi connectivity index (χ4n) is 1.68. The van der Waals surface area contributed by atoms with Crippen molar-refractivity contribution in [1.29, 1.82) is 0 Å². The summed E-state index contributed by atoms with van der Waals surface area (Å²) in [5.74, 6) is 0.104. The van der Waals surface area contributed by atoms with Crippen LogP contribution in [0.15, 0.2) is 18.2 Å². The van der Waals surface area contributed by atoms with Crippen LogP contribution in [0.25, 0.3) is 0 Å². The van der Waals surface area contributed by atoms with Crippen molar-refractivity contribution in [2.24, 2.45) is 0 Å². The summed E-state index contributed by atoms with van der Waals surface area (Å²) in [6.07, 6.45) is 0.476. The smallest absolute Gasteiger partial charge is 0.255 e. The van der Waals surface area contributed by atoms with Crippen LogP contribution in [0.4, 0.5) is 5.69 Å². The standard InChI is InChI=1S/C13H20N2O3/c1-13(2,7-8-16)15-12(17)9-5-4-6-10(14)11(9)18-3/h4-6,16H,7-8,14H2,1-3H3,(H,15,17). The molecule has 0 aromatic heterocycles. The van der Waals surface area contributed by atoms with Crippen molar-refractivity contribution in [3.63, 3.8) is 0 Å². The van der Waals surface area contributed by atoms with E-state index in [9.17, 15) is 4.79 Å². The number of hydrogen-bond donors (Lipinski definition) is 3. The van der Waals surface area contributed by atoms with Gasteiger partial charge in [0, 0.05) is 12.1 Å². The Morgan fingerprint density at radius 2 is 2.17 bits per heavy atom. The fraction of sp³-hybridized carbons (Fsp3) is 0.462. The zero-order valence-electron chi connectivity index (χ0n) is 11.0. The van der Waals surface area contributed by atoms with Crippen molar-refractivity contribution in [2.75, 3.05) is 19.5 Å². The molecular formula is C13H20N2O3. The first-order valence-corrected chi connectivity index (χ1v) is 5.77. The molecule has 0 radical (unpaired) electrons. The Bertz CT molecular complexity index is 430. The van der Waals surface area contributed by atoms with Crippen molar-refractivity contribution in [2.45, 2.75) is 25.8 Å². The number of para-hydroxylation sites is 1. The van der Waals surface area contributed by atoms with Crippen LogP contribution in [0, 0.1) is 0 Å². The average Bonchev–Trinajstić information content (AvgIpc) is 2.27. The van der Waals surface area contributed by atoms with Gasteiger partial charge in [-0.05, 0) is 32.4 Å². The Morgan fingerprint density at radius 1 is 1.50 bits per heavy atom. The van der Waals surface area contributed by atoms with Gasteiger partial charge in [0.15, 0.2) is 5.75 Å². The van der Waals surface area contributed by atoms with Gasteiger partial charge in [0.25, 0.3) is 5.91 Å². The number of methoxy groups -OCH3 is 1. The van der Waals surface area contributed by atoms with Gasteiger partial charge in [-0.25, -0.2) is 0 Å². The molecule has 5 nitrogen and oxygen atoms in total. The van der Waals surface area contributed by atoms with Gasteiger partial charge in [0.1, 0.15) is 0 Å². The molecule has 0 unspecified atom stereocenters. The van der Waals surface area contributed by atoms with Gasteiger partial charge >= 0.3 is 0 Å². The molecule has 18 heavy (non-hydrogen) atoms. The third-order valence-corrected chi connectivity index (χ3v) is 2.68. The maximum Gasteiger partial charge on any atom is 0.255 e. The predicted octanol–water partition coefficient (Wildman–Crippen LogP) is 1.17. The van der Waals surface area contributed by atoms with Crippen LogP contribution in [-0.4, -0.2) is 30.3 Å². The molecule has 0 aliphatic carbocycles. The van der Waals surface area contributed by atoms with Crippen molar-refractivity contribution >= 4 is 11.6 Å². The van der Waals surface area contributed by atoms with E-state index in [1.54, 1.807) is 18.2 Å². The third-order valence-electron chi connectivity index (χ3n) is 2.68. The highest BCUT2D eigenvalue weighted by Gasteiger charge is 2.23. The van der Waals surface area contributed by atoms with E-state index in [0.29, 0.717) is 23.4 Å². The molecule has 0 fully saturated rings. The first-order valence-electron chi connectivity index (χ1n) is 5.77. The van der Waals surface area contributed by atoms with Crippen LogP contribution in [0.2, 0.25) is 0 Å². The van der Waals surface area contributed by atoms with Crippen LogP contribution in [0.3, 0.4) is 0 Å². The number of hydrogen-bond acceptors (Lipinski definition) is 4.